The largest absolute Gasteiger partial charge is 0.483 e. The van der Waals surface area contributed by atoms with Crippen LogP contribution in [0.15, 0.2) is 16.7 Å². The van der Waals surface area contributed by atoms with Gasteiger partial charge in [0.1, 0.15) is 11.3 Å². The second-order valence-corrected chi connectivity index (χ2v) is 5.68. The minimum Gasteiger partial charge on any atom is -0.483 e. The third kappa shape index (κ3) is 4.17. The normalized spacial score (nSPS) is 10.4. The Balaban J connectivity index is 2.07. The molecule has 1 aromatic carbocycles. The highest BCUT2D eigenvalue weighted by atomic mass is 16.5. The van der Waals surface area contributed by atoms with Crippen LogP contribution in [0.25, 0.3) is 0 Å². The number of nitrogens with zero attached hydrogens (tertiary/aromatic N) is 1. The van der Waals surface area contributed by atoms with E-state index >= 15 is 0 Å². The van der Waals surface area contributed by atoms with E-state index in [2.05, 4.69) is 10.5 Å². The maximum atomic E-state index is 12.2. The molecule has 1 heterocycles. The van der Waals surface area contributed by atoms with Crippen molar-refractivity contribution in [1.82, 2.24) is 5.16 Å². The second-order valence-electron chi connectivity index (χ2n) is 5.68. The van der Waals surface area contributed by atoms with Crippen molar-refractivity contribution in [3.8, 4) is 5.75 Å². The lowest BCUT2D eigenvalue weighted by Crippen LogP contribution is -2.22. The Bertz CT molecular complexity index is 795. The maximum Gasteiger partial charge on any atom is 0.345 e. The van der Waals surface area contributed by atoms with Crippen LogP contribution in [0.5, 0.6) is 5.75 Å². The van der Waals surface area contributed by atoms with Crippen LogP contribution in [-0.4, -0.2) is 30.2 Å². The number of aromatic nitrogens is 1. The average molecular weight is 346 g/mol. The molecule has 25 heavy (non-hydrogen) atoms. The Hall–Kier alpha value is -2.83. The van der Waals surface area contributed by atoms with Crippen molar-refractivity contribution < 1.29 is 23.6 Å². The minimum absolute atomic E-state index is 0.0396. The van der Waals surface area contributed by atoms with Crippen molar-refractivity contribution in [1.29, 1.82) is 0 Å². The molecule has 0 saturated carbocycles. The number of anilines is 1. The molecule has 0 unspecified atom stereocenters. The van der Waals surface area contributed by atoms with Crippen molar-refractivity contribution in [2.24, 2.45) is 0 Å². The van der Waals surface area contributed by atoms with E-state index in [0.29, 0.717) is 11.4 Å². The average Bonchev–Trinajstić information content (AvgIpc) is 2.92. The van der Waals surface area contributed by atoms with Gasteiger partial charge in [-0.2, -0.15) is 0 Å². The number of esters is 1. The molecule has 0 aliphatic carbocycles. The number of carbonyl (C=O) groups is 2. The van der Waals surface area contributed by atoms with E-state index in [0.717, 1.165) is 16.7 Å². The van der Waals surface area contributed by atoms with Gasteiger partial charge in [0.25, 0.3) is 5.91 Å². The molecule has 0 spiro atoms. The fourth-order valence-corrected chi connectivity index (χ4v) is 2.35. The smallest absolute Gasteiger partial charge is 0.345 e. The van der Waals surface area contributed by atoms with Gasteiger partial charge in [-0.1, -0.05) is 17.3 Å². The summed E-state index contributed by atoms with van der Waals surface area (Å²) in [5.74, 6) is -0.415. The summed E-state index contributed by atoms with van der Waals surface area (Å²) < 4.78 is 15.6. The summed E-state index contributed by atoms with van der Waals surface area (Å²) in [7, 11) is 0. The summed E-state index contributed by atoms with van der Waals surface area (Å²) in [5.41, 5.74) is 3.46. The molecule has 0 bridgehead atoms. The Morgan fingerprint density at radius 2 is 1.84 bits per heavy atom. The van der Waals surface area contributed by atoms with Crippen LogP contribution in [0.1, 0.15) is 39.7 Å². The number of rotatable bonds is 6. The highest BCUT2D eigenvalue weighted by Crippen LogP contribution is 2.26. The zero-order valence-electron chi connectivity index (χ0n) is 15.1. The molecule has 0 atom stereocenters. The van der Waals surface area contributed by atoms with Crippen LogP contribution >= 0.6 is 0 Å². The summed E-state index contributed by atoms with van der Waals surface area (Å²) in [5, 5.41) is 6.20. The van der Waals surface area contributed by atoms with Gasteiger partial charge in [-0.05, 0) is 51.3 Å². The standard InChI is InChI=1S/C18H22N2O5/c1-6-23-18(22)15-13(5)20-25-17(15)19-14(21)9-24-16-11(3)8-7-10(2)12(16)4/h7-8H,6,9H2,1-5H3,(H,19,21). The third-order valence-electron chi connectivity index (χ3n) is 3.82. The first-order valence-corrected chi connectivity index (χ1v) is 7.98. The number of benzene rings is 1. The molecular formula is C18H22N2O5. The van der Waals surface area contributed by atoms with E-state index in [-0.39, 0.29) is 24.7 Å². The fraction of sp³-hybridized carbons (Fsp3) is 0.389. The molecule has 0 aliphatic heterocycles. The SMILES string of the molecule is CCOC(=O)c1c(C)noc1NC(=O)COc1c(C)ccc(C)c1C. The van der Waals surface area contributed by atoms with E-state index in [9.17, 15) is 9.59 Å². The van der Waals surface area contributed by atoms with Crippen molar-refractivity contribution in [3.63, 3.8) is 0 Å². The van der Waals surface area contributed by atoms with Crippen molar-refractivity contribution in [2.75, 3.05) is 18.5 Å². The van der Waals surface area contributed by atoms with Crippen LogP contribution in [0.3, 0.4) is 0 Å². The summed E-state index contributed by atoms with van der Waals surface area (Å²) in [6, 6.07) is 3.94. The number of ether oxygens (including phenoxy) is 2. The van der Waals surface area contributed by atoms with Crippen LogP contribution in [0.2, 0.25) is 0 Å². The van der Waals surface area contributed by atoms with Gasteiger partial charge in [0, 0.05) is 0 Å². The topological polar surface area (TPSA) is 90.7 Å². The molecule has 1 N–H and O–H groups in total. The molecule has 7 nitrogen and oxygen atoms in total. The highest BCUT2D eigenvalue weighted by molar-refractivity contribution is 6.00. The van der Waals surface area contributed by atoms with Gasteiger partial charge >= 0.3 is 5.97 Å². The predicted molar refractivity (Wildman–Crippen MR) is 92.0 cm³/mol. The van der Waals surface area contributed by atoms with Crippen LogP contribution < -0.4 is 10.1 Å². The van der Waals surface area contributed by atoms with Gasteiger partial charge in [-0.3, -0.25) is 10.1 Å². The number of amides is 1. The molecule has 134 valence electrons. The monoisotopic (exact) mass is 346 g/mol. The van der Waals surface area contributed by atoms with Gasteiger partial charge in [0.05, 0.1) is 12.3 Å². The second kappa shape index (κ2) is 7.83. The molecule has 0 saturated heterocycles. The number of hydrogen-bond acceptors (Lipinski definition) is 6. The molecule has 0 aliphatic rings. The molecule has 2 rings (SSSR count). The van der Waals surface area contributed by atoms with Gasteiger partial charge in [0.15, 0.2) is 6.61 Å². The highest BCUT2D eigenvalue weighted by Gasteiger charge is 2.23. The first-order valence-electron chi connectivity index (χ1n) is 7.98. The third-order valence-corrected chi connectivity index (χ3v) is 3.82. The van der Waals surface area contributed by atoms with Gasteiger partial charge < -0.3 is 14.0 Å². The Labute approximate surface area is 146 Å². The molecule has 1 amide bonds. The lowest BCUT2D eigenvalue weighted by Gasteiger charge is -2.13. The van der Waals surface area contributed by atoms with E-state index in [1.54, 1.807) is 13.8 Å². The molecule has 0 radical (unpaired) electrons. The zero-order valence-corrected chi connectivity index (χ0v) is 15.1. The summed E-state index contributed by atoms with van der Waals surface area (Å²) in [6.45, 7) is 9.12. The number of hydrogen-bond donors (Lipinski definition) is 1. The Morgan fingerprint density at radius 3 is 2.52 bits per heavy atom. The van der Waals surface area contributed by atoms with Crippen molar-refractivity contribution >= 4 is 17.8 Å². The van der Waals surface area contributed by atoms with Crippen molar-refractivity contribution in [3.05, 3.63) is 40.1 Å². The summed E-state index contributed by atoms with van der Waals surface area (Å²) in [6.07, 6.45) is 0. The quantitative estimate of drug-likeness (QED) is 0.808. The van der Waals surface area contributed by atoms with E-state index < -0.39 is 11.9 Å². The van der Waals surface area contributed by atoms with E-state index in [4.69, 9.17) is 14.0 Å². The zero-order chi connectivity index (χ0) is 18.6. The summed E-state index contributed by atoms with van der Waals surface area (Å²) >= 11 is 0. The van der Waals surface area contributed by atoms with Gasteiger partial charge in [-0.25, -0.2) is 4.79 Å². The van der Waals surface area contributed by atoms with Crippen LogP contribution in [0, 0.1) is 27.7 Å². The number of aryl methyl sites for hydroxylation is 3. The molecule has 1 aromatic heterocycles. The fourth-order valence-electron chi connectivity index (χ4n) is 2.35. The van der Waals surface area contributed by atoms with Crippen molar-refractivity contribution in [2.45, 2.75) is 34.6 Å². The molecule has 2 aromatic rings. The summed E-state index contributed by atoms with van der Waals surface area (Å²) in [4.78, 5) is 24.1. The van der Waals surface area contributed by atoms with Gasteiger partial charge in [0.2, 0.25) is 5.88 Å². The minimum atomic E-state index is -0.595. The first-order chi connectivity index (χ1) is 11.8. The Morgan fingerprint density at radius 1 is 1.16 bits per heavy atom. The van der Waals surface area contributed by atoms with E-state index in [1.807, 2.05) is 32.9 Å². The van der Waals surface area contributed by atoms with Crippen LogP contribution in [-0.2, 0) is 9.53 Å². The van der Waals surface area contributed by atoms with Gasteiger partial charge in [-0.15, -0.1) is 0 Å². The molecule has 7 heteroatoms. The maximum absolute atomic E-state index is 12.2. The van der Waals surface area contributed by atoms with Crippen LogP contribution in [0.4, 0.5) is 5.88 Å². The first kappa shape index (κ1) is 18.5. The lowest BCUT2D eigenvalue weighted by atomic mass is 10.1. The number of nitrogens with one attached hydrogen (secondary N) is 1. The molecular weight excluding hydrogens is 324 g/mol. The predicted octanol–water partition coefficient (Wildman–Crippen LogP) is 3.10. The number of carbonyl (C=O) groups excluding carboxylic acids is 2. The lowest BCUT2D eigenvalue weighted by molar-refractivity contribution is -0.118. The molecule has 0 fully saturated rings. The van der Waals surface area contributed by atoms with E-state index in [1.165, 1.54) is 0 Å². The Kier molecular flexibility index (Phi) is 5.80.